The Hall–Kier alpha value is -2.48. The predicted molar refractivity (Wildman–Crippen MR) is 104 cm³/mol. The first kappa shape index (κ1) is 21.8. The third-order valence-electron chi connectivity index (χ3n) is 4.06. The molecule has 1 heterocycles. The molecule has 1 atom stereocenters. The Morgan fingerprint density at radius 1 is 1.21 bits per heavy atom. The molecule has 0 radical (unpaired) electrons. The second-order valence-electron chi connectivity index (χ2n) is 7.47. The number of carbonyl (C=O) groups excluding carboxylic acids is 3. The van der Waals surface area contributed by atoms with E-state index < -0.39 is 29.9 Å². The molecule has 0 aromatic heterocycles. The molecule has 0 saturated carbocycles. The standard InChI is InChI=1S/C19H25ClN2O6/c1-19(2,3)21-16(23)10-28-18(25)11-6-17(24)22(9-11)13-7-12(20)14(26-4)8-15(13)27-5/h7-8,11H,6,9-10H2,1-5H3,(H,21,23)/t11-/m0/s1. The van der Waals surface area contributed by atoms with Gasteiger partial charge in [-0.3, -0.25) is 14.4 Å². The molecule has 0 unspecified atom stereocenters. The lowest BCUT2D eigenvalue weighted by atomic mass is 10.1. The van der Waals surface area contributed by atoms with E-state index in [9.17, 15) is 14.4 Å². The number of hydrogen-bond donors (Lipinski definition) is 1. The Balaban J connectivity index is 2.06. The summed E-state index contributed by atoms with van der Waals surface area (Å²) in [6.07, 6.45) is -0.0213. The first-order chi connectivity index (χ1) is 13.1. The number of halogens is 1. The van der Waals surface area contributed by atoms with Crippen molar-refractivity contribution in [1.29, 1.82) is 0 Å². The Bertz CT molecular complexity index is 774. The van der Waals surface area contributed by atoms with Gasteiger partial charge in [0.05, 0.1) is 30.8 Å². The normalized spacial score (nSPS) is 16.7. The zero-order valence-corrected chi connectivity index (χ0v) is 17.4. The van der Waals surface area contributed by atoms with Crippen LogP contribution in [-0.4, -0.2) is 50.7 Å². The number of rotatable bonds is 6. The van der Waals surface area contributed by atoms with E-state index in [0.717, 1.165) is 0 Å². The number of anilines is 1. The average molecular weight is 413 g/mol. The molecule has 0 bridgehead atoms. The first-order valence-corrected chi connectivity index (χ1v) is 9.13. The highest BCUT2D eigenvalue weighted by Gasteiger charge is 2.38. The van der Waals surface area contributed by atoms with Crippen LogP contribution in [0.5, 0.6) is 11.5 Å². The molecule has 0 spiro atoms. The molecule has 1 aliphatic heterocycles. The summed E-state index contributed by atoms with van der Waals surface area (Å²) in [5.41, 5.74) is 0.0208. The summed E-state index contributed by atoms with van der Waals surface area (Å²) >= 11 is 6.17. The number of ether oxygens (including phenoxy) is 3. The van der Waals surface area contributed by atoms with Crippen LogP contribution >= 0.6 is 11.6 Å². The highest BCUT2D eigenvalue weighted by molar-refractivity contribution is 6.32. The molecule has 2 amide bonds. The van der Waals surface area contributed by atoms with Crippen LogP contribution in [0.3, 0.4) is 0 Å². The number of nitrogens with one attached hydrogen (secondary N) is 1. The topological polar surface area (TPSA) is 94.2 Å². The highest BCUT2D eigenvalue weighted by Crippen LogP contribution is 2.40. The third kappa shape index (κ3) is 5.28. The number of carbonyl (C=O) groups is 3. The molecule has 1 aliphatic rings. The van der Waals surface area contributed by atoms with Gasteiger partial charge in [-0.2, -0.15) is 0 Å². The summed E-state index contributed by atoms with van der Waals surface area (Å²) in [7, 11) is 2.94. The summed E-state index contributed by atoms with van der Waals surface area (Å²) in [4.78, 5) is 38.0. The van der Waals surface area contributed by atoms with Gasteiger partial charge in [0.1, 0.15) is 11.5 Å². The van der Waals surface area contributed by atoms with Gasteiger partial charge in [-0.25, -0.2) is 0 Å². The van der Waals surface area contributed by atoms with E-state index in [2.05, 4.69) is 5.32 Å². The van der Waals surface area contributed by atoms with Gasteiger partial charge < -0.3 is 24.4 Å². The molecular formula is C19H25ClN2O6. The van der Waals surface area contributed by atoms with Gasteiger partial charge >= 0.3 is 5.97 Å². The molecule has 9 heteroatoms. The van der Waals surface area contributed by atoms with Gasteiger partial charge in [-0.05, 0) is 26.8 Å². The maximum absolute atomic E-state index is 12.5. The minimum atomic E-state index is -0.680. The first-order valence-electron chi connectivity index (χ1n) is 8.75. The minimum Gasteiger partial charge on any atom is -0.495 e. The molecule has 28 heavy (non-hydrogen) atoms. The van der Waals surface area contributed by atoms with Crippen LogP contribution in [0.2, 0.25) is 5.02 Å². The van der Waals surface area contributed by atoms with E-state index in [-0.39, 0.29) is 18.9 Å². The van der Waals surface area contributed by atoms with E-state index >= 15 is 0 Å². The second kappa shape index (κ2) is 8.68. The largest absolute Gasteiger partial charge is 0.495 e. The van der Waals surface area contributed by atoms with Gasteiger partial charge in [0, 0.05) is 24.6 Å². The van der Waals surface area contributed by atoms with Crippen molar-refractivity contribution < 1.29 is 28.6 Å². The molecule has 1 aromatic rings. The number of hydrogen-bond acceptors (Lipinski definition) is 6. The summed E-state index contributed by atoms with van der Waals surface area (Å²) in [5.74, 6) is -1.13. The predicted octanol–water partition coefficient (Wildman–Crippen LogP) is 2.17. The van der Waals surface area contributed by atoms with Crippen molar-refractivity contribution in [3.8, 4) is 11.5 Å². The van der Waals surface area contributed by atoms with Crippen LogP contribution in [0.25, 0.3) is 0 Å². The molecule has 1 fully saturated rings. The Morgan fingerprint density at radius 2 is 1.86 bits per heavy atom. The van der Waals surface area contributed by atoms with E-state index in [1.54, 1.807) is 12.1 Å². The maximum atomic E-state index is 12.5. The van der Waals surface area contributed by atoms with Crippen molar-refractivity contribution in [2.24, 2.45) is 5.92 Å². The van der Waals surface area contributed by atoms with Crippen molar-refractivity contribution >= 4 is 35.1 Å². The summed E-state index contributed by atoms with van der Waals surface area (Å²) in [6, 6.07) is 3.13. The maximum Gasteiger partial charge on any atom is 0.311 e. The number of benzene rings is 1. The van der Waals surface area contributed by atoms with Gasteiger partial charge in [-0.15, -0.1) is 0 Å². The van der Waals surface area contributed by atoms with Crippen molar-refractivity contribution in [1.82, 2.24) is 5.32 Å². The van der Waals surface area contributed by atoms with Crippen LogP contribution < -0.4 is 19.7 Å². The van der Waals surface area contributed by atoms with Crippen molar-refractivity contribution in [2.45, 2.75) is 32.7 Å². The van der Waals surface area contributed by atoms with Gasteiger partial charge in [-0.1, -0.05) is 11.6 Å². The lowest BCUT2D eigenvalue weighted by Crippen LogP contribution is -2.43. The van der Waals surface area contributed by atoms with E-state index in [4.69, 9.17) is 25.8 Å². The van der Waals surface area contributed by atoms with E-state index in [0.29, 0.717) is 22.2 Å². The molecule has 1 saturated heterocycles. The smallest absolute Gasteiger partial charge is 0.311 e. The fraction of sp³-hybridized carbons (Fsp3) is 0.526. The van der Waals surface area contributed by atoms with Gasteiger partial charge in [0.25, 0.3) is 5.91 Å². The molecular weight excluding hydrogens is 388 g/mol. The number of nitrogens with zero attached hydrogens (tertiary/aromatic N) is 1. The van der Waals surface area contributed by atoms with E-state index in [1.807, 2.05) is 20.8 Å². The monoisotopic (exact) mass is 412 g/mol. The van der Waals surface area contributed by atoms with E-state index in [1.165, 1.54) is 19.1 Å². The average Bonchev–Trinajstić information content (AvgIpc) is 2.99. The summed E-state index contributed by atoms with van der Waals surface area (Å²) in [6.45, 7) is 5.20. The molecule has 0 aliphatic carbocycles. The molecule has 1 aromatic carbocycles. The Kier molecular flexibility index (Phi) is 6.77. The van der Waals surface area contributed by atoms with Crippen LogP contribution in [0.4, 0.5) is 5.69 Å². The van der Waals surface area contributed by atoms with Crippen LogP contribution in [0.1, 0.15) is 27.2 Å². The van der Waals surface area contributed by atoms with Gasteiger partial charge in [0.15, 0.2) is 6.61 Å². The van der Waals surface area contributed by atoms with Crippen molar-refractivity contribution in [3.63, 3.8) is 0 Å². The van der Waals surface area contributed by atoms with Crippen molar-refractivity contribution in [2.75, 3.05) is 32.3 Å². The van der Waals surface area contributed by atoms with Gasteiger partial charge in [0.2, 0.25) is 5.91 Å². The fourth-order valence-corrected chi connectivity index (χ4v) is 3.10. The lowest BCUT2D eigenvalue weighted by Gasteiger charge is -2.21. The van der Waals surface area contributed by atoms with Crippen LogP contribution in [0.15, 0.2) is 12.1 Å². The summed E-state index contributed by atoms with van der Waals surface area (Å²) < 4.78 is 15.6. The Morgan fingerprint density at radius 3 is 2.43 bits per heavy atom. The number of methoxy groups -OCH3 is 2. The summed E-state index contributed by atoms with van der Waals surface area (Å²) in [5, 5.41) is 3.02. The quantitative estimate of drug-likeness (QED) is 0.719. The zero-order chi connectivity index (χ0) is 21.1. The fourth-order valence-electron chi connectivity index (χ4n) is 2.86. The van der Waals surface area contributed by atoms with Crippen LogP contribution in [-0.2, 0) is 19.1 Å². The third-order valence-corrected chi connectivity index (χ3v) is 4.36. The number of esters is 1. The highest BCUT2D eigenvalue weighted by atomic mass is 35.5. The SMILES string of the molecule is COc1cc(OC)c(N2C[C@@H](C(=O)OCC(=O)NC(C)(C)C)CC2=O)cc1Cl. The second-order valence-corrected chi connectivity index (χ2v) is 7.88. The van der Waals surface area contributed by atoms with Crippen molar-refractivity contribution in [3.05, 3.63) is 17.2 Å². The molecule has 2 rings (SSSR count). The Labute approximate surface area is 169 Å². The molecule has 154 valence electrons. The number of amides is 2. The molecule has 1 N–H and O–H groups in total. The van der Waals surface area contributed by atoms with Crippen LogP contribution in [0, 0.1) is 5.92 Å². The lowest BCUT2D eigenvalue weighted by molar-refractivity contribution is -0.152. The minimum absolute atomic E-state index is 0.0213. The molecule has 8 nitrogen and oxygen atoms in total. The zero-order valence-electron chi connectivity index (χ0n) is 16.6.